The minimum absolute atomic E-state index is 0.0734. The third-order valence-corrected chi connectivity index (χ3v) is 6.36. The summed E-state index contributed by atoms with van der Waals surface area (Å²) >= 11 is 0. The Hall–Kier alpha value is -3.02. The zero-order valence-electron chi connectivity index (χ0n) is 20.0. The van der Waals surface area contributed by atoms with Crippen LogP contribution in [0.2, 0.25) is 0 Å². The Morgan fingerprint density at radius 3 is 2.33 bits per heavy atom. The number of hydrogen-bond donors (Lipinski definition) is 1. The number of amides is 2. The van der Waals surface area contributed by atoms with E-state index < -0.39 is 6.04 Å². The van der Waals surface area contributed by atoms with Crippen molar-refractivity contribution in [2.75, 3.05) is 13.7 Å². The number of carbonyl (C=O) groups is 2. The molecule has 0 bridgehead atoms. The third-order valence-electron chi connectivity index (χ3n) is 6.36. The highest BCUT2D eigenvalue weighted by Crippen LogP contribution is 2.21. The normalized spacial score (nSPS) is 14.9. The van der Waals surface area contributed by atoms with Gasteiger partial charge >= 0.3 is 0 Å². The van der Waals surface area contributed by atoms with Gasteiger partial charge in [0.15, 0.2) is 6.61 Å². The average Bonchev–Trinajstić information content (AvgIpc) is 2.84. The molecule has 2 aromatic carbocycles. The molecule has 0 radical (unpaired) electrons. The van der Waals surface area contributed by atoms with Crippen molar-refractivity contribution in [2.24, 2.45) is 0 Å². The van der Waals surface area contributed by atoms with Gasteiger partial charge in [-0.1, -0.05) is 50.5 Å². The summed E-state index contributed by atoms with van der Waals surface area (Å²) in [7, 11) is 1.60. The maximum absolute atomic E-state index is 13.3. The molecular formula is C27H36N2O4. The molecule has 1 N–H and O–H groups in total. The van der Waals surface area contributed by atoms with Gasteiger partial charge in [0.1, 0.15) is 17.5 Å². The Bertz CT molecular complexity index is 907. The van der Waals surface area contributed by atoms with Gasteiger partial charge < -0.3 is 19.7 Å². The summed E-state index contributed by atoms with van der Waals surface area (Å²) in [5.41, 5.74) is 2.12. The topological polar surface area (TPSA) is 67.9 Å². The van der Waals surface area contributed by atoms with E-state index in [0.29, 0.717) is 18.7 Å². The van der Waals surface area contributed by atoms with Crippen LogP contribution in [-0.2, 0) is 16.1 Å². The number of ether oxygens (including phenoxy) is 2. The highest BCUT2D eigenvalue weighted by atomic mass is 16.5. The Morgan fingerprint density at radius 2 is 1.70 bits per heavy atom. The fourth-order valence-electron chi connectivity index (χ4n) is 4.33. The molecule has 0 aromatic heterocycles. The summed E-state index contributed by atoms with van der Waals surface area (Å²) in [5.74, 6) is 1.02. The van der Waals surface area contributed by atoms with Crippen molar-refractivity contribution in [1.29, 1.82) is 0 Å². The Morgan fingerprint density at radius 1 is 1.03 bits per heavy atom. The van der Waals surface area contributed by atoms with E-state index in [1.54, 1.807) is 36.3 Å². The molecule has 0 aliphatic heterocycles. The second-order valence-electron chi connectivity index (χ2n) is 8.68. The Labute approximate surface area is 197 Å². The highest BCUT2D eigenvalue weighted by Gasteiger charge is 2.30. The van der Waals surface area contributed by atoms with Crippen molar-refractivity contribution in [3.63, 3.8) is 0 Å². The standard InChI is InChI=1S/C27H36N2O4/c1-4-25(27(31)28-22-12-6-5-7-13-22)29(18-21-11-9-8-10-20(21)2)26(30)19-33-24-16-14-23(32-3)15-17-24/h8-11,14-17,22,25H,4-7,12-13,18-19H2,1-3H3,(H,28,31)/t25-/m1/s1. The summed E-state index contributed by atoms with van der Waals surface area (Å²) < 4.78 is 10.9. The van der Waals surface area contributed by atoms with Crippen LogP contribution >= 0.6 is 0 Å². The van der Waals surface area contributed by atoms with Crippen molar-refractivity contribution in [1.82, 2.24) is 10.2 Å². The van der Waals surface area contributed by atoms with Gasteiger partial charge in [-0.3, -0.25) is 9.59 Å². The van der Waals surface area contributed by atoms with E-state index in [4.69, 9.17) is 9.47 Å². The lowest BCUT2D eigenvalue weighted by molar-refractivity contribution is -0.143. The van der Waals surface area contributed by atoms with Crippen LogP contribution in [0.25, 0.3) is 0 Å². The lowest BCUT2D eigenvalue weighted by Gasteiger charge is -2.33. The van der Waals surface area contributed by atoms with Crippen LogP contribution in [-0.4, -0.2) is 42.5 Å². The number of nitrogens with one attached hydrogen (secondary N) is 1. The van der Waals surface area contributed by atoms with Gasteiger partial charge in [-0.25, -0.2) is 0 Å². The molecule has 0 unspecified atom stereocenters. The summed E-state index contributed by atoms with van der Waals surface area (Å²) in [6.45, 7) is 4.21. The lowest BCUT2D eigenvalue weighted by atomic mass is 9.95. The van der Waals surface area contributed by atoms with E-state index in [-0.39, 0.29) is 24.5 Å². The number of hydrogen-bond acceptors (Lipinski definition) is 4. The van der Waals surface area contributed by atoms with Crippen LogP contribution in [0.15, 0.2) is 48.5 Å². The monoisotopic (exact) mass is 452 g/mol. The molecule has 1 atom stereocenters. The molecule has 2 aromatic rings. The molecule has 1 fully saturated rings. The minimum atomic E-state index is -0.543. The zero-order chi connectivity index (χ0) is 23.6. The number of benzene rings is 2. The van der Waals surface area contributed by atoms with Crippen molar-refractivity contribution < 1.29 is 19.1 Å². The summed E-state index contributed by atoms with van der Waals surface area (Å²) in [5, 5.41) is 3.20. The predicted octanol–water partition coefficient (Wildman–Crippen LogP) is 4.64. The second-order valence-corrected chi connectivity index (χ2v) is 8.68. The molecule has 3 rings (SSSR count). The van der Waals surface area contributed by atoms with Gasteiger partial charge in [-0.2, -0.15) is 0 Å². The highest BCUT2D eigenvalue weighted by molar-refractivity contribution is 5.88. The zero-order valence-corrected chi connectivity index (χ0v) is 20.0. The largest absolute Gasteiger partial charge is 0.497 e. The fourth-order valence-corrected chi connectivity index (χ4v) is 4.33. The van der Waals surface area contributed by atoms with Crippen LogP contribution in [0, 0.1) is 6.92 Å². The van der Waals surface area contributed by atoms with Crippen LogP contribution in [0.1, 0.15) is 56.6 Å². The number of rotatable bonds is 10. The van der Waals surface area contributed by atoms with Crippen molar-refractivity contribution in [3.05, 3.63) is 59.7 Å². The van der Waals surface area contributed by atoms with E-state index in [1.807, 2.05) is 38.1 Å². The average molecular weight is 453 g/mol. The molecule has 33 heavy (non-hydrogen) atoms. The maximum atomic E-state index is 13.3. The third kappa shape index (κ3) is 6.98. The predicted molar refractivity (Wildman–Crippen MR) is 129 cm³/mol. The molecular weight excluding hydrogens is 416 g/mol. The molecule has 6 heteroatoms. The molecule has 0 saturated heterocycles. The molecule has 0 spiro atoms. The number of nitrogens with zero attached hydrogens (tertiary/aromatic N) is 1. The molecule has 1 aliphatic rings. The van der Waals surface area contributed by atoms with Crippen LogP contribution in [0.3, 0.4) is 0 Å². The molecule has 1 saturated carbocycles. The van der Waals surface area contributed by atoms with Crippen LogP contribution in [0.5, 0.6) is 11.5 Å². The first-order chi connectivity index (χ1) is 16.0. The lowest BCUT2D eigenvalue weighted by Crippen LogP contribution is -2.52. The SMILES string of the molecule is CC[C@H](C(=O)NC1CCCCC1)N(Cc1ccccc1C)C(=O)COc1ccc(OC)cc1. The molecule has 2 amide bonds. The van der Waals surface area contributed by atoms with E-state index in [9.17, 15) is 9.59 Å². The van der Waals surface area contributed by atoms with E-state index >= 15 is 0 Å². The molecule has 1 aliphatic carbocycles. The summed E-state index contributed by atoms with van der Waals surface area (Å²) in [6, 6.07) is 14.7. The Kier molecular flexibility index (Phi) is 9.16. The van der Waals surface area contributed by atoms with Gasteiger partial charge in [-0.05, 0) is 61.6 Å². The summed E-state index contributed by atoms with van der Waals surface area (Å²) in [4.78, 5) is 28.3. The fraction of sp³-hybridized carbons (Fsp3) is 0.481. The van der Waals surface area contributed by atoms with Gasteiger partial charge in [0, 0.05) is 12.6 Å². The van der Waals surface area contributed by atoms with Gasteiger partial charge in [-0.15, -0.1) is 0 Å². The number of aryl methyl sites for hydroxylation is 1. The first-order valence-electron chi connectivity index (χ1n) is 11.9. The van der Waals surface area contributed by atoms with E-state index in [0.717, 1.165) is 42.6 Å². The van der Waals surface area contributed by atoms with E-state index in [2.05, 4.69) is 5.32 Å². The van der Waals surface area contributed by atoms with E-state index in [1.165, 1.54) is 6.42 Å². The smallest absolute Gasteiger partial charge is 0.261 e. The number of carbonyl (C=O) groups excluding carboxylic acids is 2. The molecule has 6 nitrogen and oxygen atoms in total. The summed E-state index contributed by atoms with van der Waals surface area (Å²) in [6.07, 6.45) is 6.07. The van der Waals surface area contributed by atoms with Gasteiger partial charge in [0.05, 0.1) is 7.11 Å². The van der Waals surface area contributed by atoms with Crippen LogP contribution in [0.4, 0.5) is 0 Å². The number of methoxy groups -OCH3 is 1. The van der Waals surface area contributed by atoms with Crippen molar-refractivity contribution >= 4 is 11.8 Å². The van der Waals surface area contributed by atoms with Gasteiger partial charge in [0.2, 0.25) is 5.91 Å². The van der Waals surface area contributed by atoms with Crippen molar-refractivity contribution in [3.8, 4) is 11.5 Å². The maximum Gasteiger partial charge on any atom is 0.261 e. The van der Waals surface area contributed by atoms with Gasteiger partial charge in [0.25, 0.3) is 5.91 Å². The molecule has 0 heterocycles. The molecule has 178 valence electrons. The van der Waals surface area contributed by atoms with Crippen LogP contribution < -0.4 is 14.8 Å². The van der Waals surface area contributed by atoms with Crippen molar-refractivity contribution in [2.45, 2.75) is 71.0 Å². The first-order valence-corrected chi connectivity index (χ1v) is 11.9. The first kappa shape index (κ1) is 24.6. The quantitative estimate of drug-likeness (QED) is 0.570. The Balaban J connectivity index is 1.74. The second kappa shape index (κ2) is 12.3. The minimum Gasteiger partial charge on any atom is -0.497 e.